The SMILES string of the molecule is C=CC(=C)F.CC.C[C@@H]1Cc2c([nH]c3ccc(F)cc23)CN1CC(C)(F)CO. The highest BCUT2D eigenvalue weighted by atomic mass is 19.1. The number of allylic oxidation sites excluding steroid dienone is 2. The molecular formula is C22H31F3N2O. The van der Waals surface area contributed by atoms with Crippen LogP contribution < -0.4 is 0 Å². The molecule has 1 aliphatic heterocycles. The van der Waals surface area contributed by atoms with Crippen molar-refractivity contribution in [2.24, 2.45) is 0 Å². The van der Waals surface area contributed by atoms with Crippen LogP contribution in [0, 0.1) is 5.82 Å². The minimum absolute atomic E-state index is 0.154. The highest BCUT2D eigenvalue weighted by Crippen LogP contribution is 2.31. The zero-order chi connectivity index (χ0) is 21.5. The van der Waals surface area contributed by atoms with Crippen LogP contribution in [0.2, 0.25) is 0 Å². The highest BCUT2D eigenvalue weighted by molar-refractivity contribution is 5.85. The summed E-state index contributed by atoms with van der Waals surface area (Å²) in [5.74, 6) is -0.721. The van der Waals surface area contributed by atoms with E-state index in [1.807, 2.05) is 25.7 Å². The summed E-state index contributed by atoms with van der Waals surface area (Å²) in [6, 6.07) is 4.89. The van der Waals surface area contributed by atoms with E-state index in [2.05, 4.69) is 18.1 Å². The van der Waals surface area contributed by atoms with Gasteiger partial charge in [0.15, 0.2) is 0 Å². The molecule has 1 aromatic heterocycles. The summed E-state index contributed by atoms with van der Waals surface area (Å²) >= 11 is 0. The first kappa shape index (κ1) is 24.0. The lowest BCUT2D eigenvalue weighted by molar-refractivity contribution is 0.0277. The molecule has 2 aromatic rings. The fourth-order valence-electron chi connectivity index (χ4n) is 3.11. The molecule has 6 heteroatoms. The van der Waals surface area contributed by atoms with Crippen LogP contribution in [0.25, 0.3) is 10.9 Å². The predicted octanol–water partition coefficient (Wildman–Crippen LogP) is 5.46. The number of nitrogens with one attached hydrogen (secondary N) is 1. The number of aliphatic hydroxyl groups is 1. The normalized spacial score (nSPS) is 18.1. The second-order valence-electron chi connectivity index (χ2n) is 6.95. The summed E-state index contributed by atoms with van der Waals surface area (Å²) in [7, 11) is 0. The van der Waals surface area contributed by atoms with Crippen molar-refractivity contribution in [3.05, 3.63) is 60.3 Å². The van der Waals surface area contributed by atoms with Gasteiger partial charge in [-0.1, -0.05) is 27.0 Å². The maximum absolute atomic E-state index is 14.1. The number of aromatic amines is 1. The van der Waals surface area contributed by atoms with Crippen LogP contribution in [-0.2, 0) is 13.0 Å². The largest absolute Gasteiger partial charge is 0.393 e. The second kappa shape index (κ2) is 10.5. The van der Waals surface area contributed by atoms with Gasteiger partial charge in [-0.3, -0.25) is 4.90 Å². The van der Waals surface area contributed by atoms with E-state index < -0.39 is 18.1 Å². The molecule has 2 atom stereocenters. The number of nitrogens with zero attached hydrogens (tertiary/aromatic N) is 1. The summed E-state index contributed by atoms with van der Waals surface area (Å²) < 4.78 is 38.6. The summed E-state index contributed by atoms with van der Waals surface area (Å²) in [6.45, 7) is 13.7. The smallest absolute Gasteiger partial charge is 0.143 e. The molecule has 3 rings (SSSR count). The predicted molar refractivity (Wildman–Crippen MR) is 110 cm³/mol. The van der Waals surface area contributed by atoms with Crippen LogP contribution in [0.5, 0.6) is 0 Å². The average Bonchev–Trinajstić information content (AvgIpc) is 3.00. The molecule has 0 amide bonds. The van der Waals surface area contributed by atoms with Crippen LogP contribution in [0.1, 0.15) is 39.0 Å². The molecule has 0 bridgehead atoms. The first-order valence-corrected chi connectivity index (χ1v) is 9.46. The van der Waals surface area contributed by atoms with Gasteiger partial charge in [-0.25, -0.2) is 13.2 Å². The van der Waals surface area contributed by atoms with Crippen molar-refractivity contribution in [2.45, 2.75) is 52.4 Å². The van der Waals surface area contributed by atoms with Crippen molar-refractivity contribution in [1.29, 1.82) is 0 Å². The minimum Gasteiger partial charge on any atom is -0.393 e. The number of fused-ring (bicyclic) bond motifs is 3. The van der Waals surface area contributed by atoms with Crippen LogP contribution >= 0.6 is 0 Å². The molecule has 0 spiro atoms. The third-order valence-corrected chi connectivity index (χ3v) is 4.52. The molecular weight excluding hydrogens is 365 g/mol. The fraction of sp³-hybridized carbons (Fsp3) is 0.455. The molecule has 0 aliphatic carbocycles. The van der Waals surface area contributed by atoms with Crippen molar-refractivity contribution in [3.63, 3.8) is 0 Å². The van der Waals surface area contributed by atoms with Gasteiger partial charge in [0.05, 0.1) is 6.61 Å². The first-order chi connectivity index (χ1) is 13.2. The molecule has 1 unspecified atom stereocenters. The van der Waals surface area contributed by atoms with Gasteiger partial charge in [0.25, 0.3) is 0 Å². The summed E-state index contributed by atoms with van der Waals surface area (Å²) in [6.07, 6.45) is 1.81. The van der Waals surface area contributed by atoms with Gasteiger partial charge in [0.1, 0.15) is 17.3 Å². The summed E-state index contributed by atoms with van der Waals surface area (Å²) in [5, 5.41) is 10.0. The molecule has 156 valence electrons. The topological polar surface area (TPSA) is 39.3 Å². The minimum atomic E-state index is -1.61. The lowest BCUT2D eigenvalue weighted by Gasteiger charge is -2.36. The quantitative estimate of drug-likeness (QED) is 0.674. The van der Waals surface area contributed by atoms with Gasteiger partial charge in [0, 0.05) is 35.7 Å². The lowest BCUT2D eigenvalue weighted by atomic mass is 9.96. The van der Waals surface area contributed by atoms with Crippen molar-refractivity contribution >= 4 is 10.9 Å². The Labute approximate surface area is 165 Å². The van der Waals surface area contributed by atoms with E-state index in [-0.39, 0.29) is 18.4 Å². The molecule has 28 heavy (non-hydrogen) atoms. The van der Waals surface area contributed by atoms with Crippen LogP contribution in [0.3, 0.4) is 0 Å². The van der Waals surface area contributed by atoms with Crippen LogP contribution in [0.15, 0.2) is 43.3 Å². The average molecular weight is 396 g/mol. The fourth-order valence-corrected chi connectivity index (χ4v) is 3.11. The Morgan fingerprint density at radius 1 is 1.43 bits per heavy atom. The monoisotopic (exact) mass is 396 g/mol. The standard InChI is InChI=1S/C16H20F2N2O.C4H5F.C2H6/c1-10-5-12-13-6-11(17)3-4-14(13)19-15(12)7-20(10)8-16(2,18)9-21;1-3-4(2)5;1-2/h3-4,6,10,19,21H,5,7-9H2,1-2H3;3H,1-2H2;1-2H3/t10-,16?;;/m1../s1. The van der Waals surface area contributed by atoms with Crippen molar-refractivity contribution < 1.29 is 18.3 Å². The Hall–Kier alpha value is -2.05. The number of halogens is 3. The van der Waals surface area contributed by atoms with E-state index in [9.17, 15) is 13.2 Å². The summed E-state index contributed by atoms with van der Waals surface area (Å²) in [5.41, 5.74) is 1.45. The van der Waals surface area contributed by atoms with E-state index in [4.69, 9.17) is 5.11 Å². The van der Waals surface area contributed by atoms with Crippen molar-refractivity contribution in [3.8, 4) is 0 Å². The number of alkyl halides is 1. The Kier molecular flexibility index (Phi) is 8.98. The summed E-state index contributed by atoms with van der Waals surface area (Å²) in [4.78, 5) is 5.32. The third kappa shape index (κ3) is 6.24. The second-order valence-corrected chi connectivity index (χ2v) is 6.95. The van der Waals surface area contributed by atoms with Gasteiger partial charge in [-0.2, -0.15) is 0 Å². The Balaban J connectivity index is 0.000000490. The molecule has 0 fully saturated rings. The maximum atomic E-state index is 14.1. The van der Waals surface area contributed by atoms with Gasteiger partial charge >= 0.3 is 0 Å². The lowest BCUT2D eigenvalue weighted by Crippen LogP contribution is -2.46. The van der Waals surface area contributed by atoms with Crippen LogP contribution in [-0.4, -0.2) is 39.9 Å². The Bertz CT molecular complexity index is 798. The number of hydrogen-bond donors (Lipinski definition) is 2. The molecule has 2 heterocycles. The molecule has 0 saturated heterocycles. The van der Waals surface area contributed by atoms with E-state index in [0.29, 0.717) is 6.54 Å². The van der Waals surface area contributed by atoms with Gasteiger partial charge in [-0.15, -0.1) is 0 Å². The number of benzene rings is 1. The van der Waals surface area contributed by atoms with E-state index >= 15 is 0 Å². The molecule has 1 aliphatic rings. The number of aromatic nitrogens is 1. The highest BCUT2D eigenvalue weighted by Gasteiger charge is 2.32. The third-order valence-electron chi connectivity index (χ3n) is 4.52. The zero-order valence-corrected chi connectivity index (χ0v) is 17.2. The molecule has 2 N–H and O–H groups in total. The van der Waals surface area contributed by atoms with E-state index in [1.54, 1.807) is 12.1 Å². The zero-order valence-electron chi connectivity index (χ0n) is 17.2. The van der Waals surface area contributed by atoms with Gasteiger partial charge in [0.2, 0.25) is 0 Å². The Morgan fingerprint density at radius 2 is 2.04 bits per heavy atom. The van der Waals surface area contributed by atoms with E-state index in [0.717, 1.165) is 34.7 Å². The maximum Gasteiger partial charge on any atom is 0.143 e. The molecule has 0 radical (unpaired) electrons. The molecule has 3 nitrogen and oxygen atoms in total. The van der Waals surface area contributed by atoms with Gasteiger partial charge in [-0.05, 0) is 50.1 Å². The number of H-pyrrole nitrogens is 1. The number of aliphatic hydroxyl groups excluding tert-OH is 1. The number of hydrogen-bond acceptors (Lipinski definition) is 2. The number of rotatable bonds is 4. The Morgan fingerprint density at radius 3 is 2.57 bits per heavy atom. The molecule has 1 aromatic carbocycles. The first-order valence-electron chi connectivity index (χ1n) is 9.46. The van der Waals surface area contributed by atoms with Crippen molar-refractivity contribution in [1.82, 2.24) is 9.88 Å². The molecule has 0 saturated carbocycles. The van der Waals surface area contributed by atoms with Gasteiger partial charge < -0.3 is 10.1 Å². The van der Waals surface area contributed by atoms with Crippen molar-refractivity contribution in [2.75, 3.05) is 13.2 Å². The van der Waals surface area contributed by atoms with E-state index in [1.165, 1.54) is 13.0 Å². The van der Waals surface area contributed by atoms with Crippen LogP contribution in [0.4, 0.5) is 13.2 Å².